The fourth-order valence-corrected chi connectivity index (χ4v) is 4.73. The summed E-state index contributed by atoms with van der Waals surface area (Å²) in [6, 6.07) is 7.83. The lowest BCUT2D eigenvalue weighted by molar-refractivity contribution is -0.140. The molecular formula is C23H22ClF3N6. The molecule has 2 atom stereocenters. The van der Waals surface area contributed by atoms with Gasteiger partial charge in [0.05, 0.1) is 11.7 Å². The highest BCUT2D eigenvalue weighted by Gasteiger charge is 2.34. The van der Waals surface area contributed by atoms with Crippen LogP contribution >= 0.6 is 11.6 Å². The number of halogens is 4. The number of hydrogen-bond acceptors (Lipinski definition) is 5. The molecule has 0 bridgehead atoms. The van der Waals surface area contributed by atoms with Crippen LogP contribution in [-0.2, 0) is 13.2 Å². The molecule has 33 heavy (non-hydrogen) atoms. The van der Waals surface area contributed by atoms with Gasteiger partial charge in [0.15, 0.2) is 5.82 Å². The van der Waals surface area contributed by atoms with Crippen molar-refractivity contribution in [2.24, 2.45) is 7.05 Å². The van der Waals surface area contributed by atoms with E-state index in [0.717, 1.165) is 48.5 Å². The molecule has 5 rings (SSSR count). The van der Waals surface area contributed by atoms with Crippen molar-refractivity contribution in [3.05, 3.63) is 53.4 Å². The van der Waals surface area contributed by atoms with Gasteiger partial charge >= 0.3 is 6.18 Å². The minimum absolute atomic E-state index is 0.00680. The molecule has 1 aromatic carbocycles. The Morgan fingerprint density at radius 2 is 1.88 bits per heavy atom. The zero-order valence-electron chi connectivity index (χ0n) is 17.8. The maximum Gasteiger partial charge on any atom is 0.433 e. The summed E-state index contributed by atoms with van der Waals surface area (Å²) in [4.78, 5) is 8.28. The maximum absolute atomic E-state index is 13.5. The van der Waals surface area contributed by atoms with Gasteiger partial charge in [0, 0.05) is 46.8 Å². The number of hydrogen-bond donors (Lipinski definition) is 2. The van der Waals surface area contributed by atoms with Crippen LogP contribution in [-0.4, -0.2) is 31.8 Å². The second kappa shape index (κ2) is 8.37. The molecule has 1 aliphatic carbocycles. The number of pyridine rings is 2. The average Bonchev–Trinajstić information content (AvgIpc) is 3.15. The van der Waals surface area contributed by atoms with Gasteiger partial charge in [0.1, 0.15) is 11.2 Å². The lowest BCUT2D eigenvalue weighted by Crippen LogP contribution is -2.34. The van der Waals surface area contributed by atoms with Crippen LogP contribution < -0.4 is 10.6 Å². The highest BCUT2D eigenvalue weighted by Crippen LogP contribution is 2.35. The monoisotopic (exact) mass is 474 g/mol. The highest BCUT2D eigenvalue weighted by atomic mass is 35.5. The summed E-state index contributed by atoms with van der Waals surface area (Å²) in [6.45, 7) is 0. The van der Waals surface area contributed by atoms with Gasteiger partial charge in [-0.15, -0.1) is 0 Å². The summed E-state index contributed by atoms with van der Waals surface area (Å²) in [5.41, 5.74) is 0.663. The van der Waals surface area contributed by atoms with Crippen LogP contribution in [0, 0.1) is 0 Å². The Bertz CT molecular complexity index is 1320. The topological polar surface area (TPSA) is 67.7 Å². The third-order valence-electron chi connectivity index (χ3n) is 6.08. The smallest absolute Gasteiger partial charge is 0.382 e. The molecule has 4 aromatic rings. The van der Waals surface area contributed by atoms with E-state index in [2.05, 4.69) is 25.7 Å². The molecule has 0 amide bonds. The number of fused-ring (bicyclic) bond motifs is 2. The molecule has 0 spiro atoms. The summed E-state index contributed by atoms with van der Waals surface area (Å²) in [6.07, 6.45) is 2.49. The van der Waals surface area contributed by atoms with Crippen LogP contribution in [0.1, 0.15) is 31.4 Å². The molecule has 0 radical (unpaired) electrons. The number of aryl methyl sites for hydroxylation is 1. The van der Waals surface area contributed by atoms with E-state index in [1.165, 1.54) is 6.07 Å². The molecule has 3 heterocycles. The first-order valence-electron chi connectivity index (χ1n) is 10.8. The highest BCUT2D eigenvalue weighted by molar-refractivity contribution is 6.31. The largest absolute Gasteiger partial charge is 0.433 e. The number of nitrogens with zero attached hydrogens (tertiary/aromatic N) is 4. The van der Waals surface area contributed by atoms with Crippen molar-refractivity contribution in [1.82, 2.24) is 19.7 Å². The minimum atomic E-state index is -4.53. The Morgan fingerprint density at radius 3 is 2.67 bits per heavy atom. The Labute approximate surface area is 193 Å². The summed E-state index contributed by atoms with van der Waals surface area (Å²) in [5.74, 6) is 0.763. The van der Waals surface area contributed by atoms with Crippen LogP contribution in [0.25, 0.3) is 21.8 Å². The number of rotatable bonds is 4. The van der Waals surface area contributed by atoms with Crippen LogP contribution in [0.15, 0.2) is 42.7 Å². The summed E-state index contributed by atoms with van der Waals surface area (Å²) in [7, 11) is 1.87. The Hall–Kier alpha value is -3.07. The molecular weight excluding hydrogens is 453 g/mol. The predicted molar refractivity (Wildman–Crippen MR) is 124 cm³/mol. The van der Waals surface area contributed by atoms with Crippen LogP contribution in [0.5, 0.6) is 0 Å². The fraction of sp³-hybridized carbons (Fsp3) is 0.348. The fourth-order valence-electron chi connectivity index (χ4n) is 4.55. The van der Waals surface area contributed by atoms with E-state index < -0.39 is 11.9 Å². The standard InChI is InChI=1S/C23H22ClF3N6/c1-33-21-13(12-29-33)7-8-28-22(21)31-16-4-2-3-15(10-16)30-19-11-20(23(25,26)27)32-18-6-5-14(24)9-17(18)19/h5-9,11-12,15-16H,2-4,10H2,1H3,(H,28,31)(H,30,32)/t15-,16+/m0/s1. The zero-order valence-corrected chi connectivity index (χ0v) is 18.6. The molecule has 1 fully saturated rings. The Balaban J connectivity index is 1.40. The van der Waals surface area contributed by atoms with Gasteiger partial charge in [-0.2, -0.15) is 18.3 Å². The summed E-state index contributed by atoms with van der Waals surface area (Å²) >= 11 is 6.13. The lowest BCUT2D eigenvalue weighted by atomic mass is 9.90. The first-order valence-corrected chi connectivity index (χ1v) is 11.1. The molecule has 0 unspecified atom stereocenters. The lowest BCUT2D eigenvalue weighted by Gasteiger charge is -2.32. The maximum atomic E-state index is 13.5. The molecule has 10 heteroatoms. The molecule has 0 aliphatic heterocycles. The molecule has 172 valence electrons. The second-order valence-corrected chi connectivity index (χ2v) is 8.87. The molecule has 1 saturated carbocycles. The van der Waals surface area contributed by atoms with Gasteiger partial charge in [0.2, 0.25) is 0 Å². The predicted octanol–water partition coefficient (Wildman–Crippen LogP) is 6.02. The third kappa shape index (κ3) is 4.42. The summed E-state index contributed by atoms with van der Waals surface area (Å²) < 4.78 is 42.1. The van der Waals surface area contributed by atoms with E-state index in [1.54, 1.807) is 29.2 Å². The van der Waals surface area contributed by atoms with E-state index in [9.17, 15) is 13.2 Å². The molecule has 2 N–H and O–H groups in total. The van der Waals surface area contributed by atoms with Crippen LogP contribution in [0.4, 0.5) is 24.7 Å². The van der Waals surface area contributed by atoms with E-state index in [0.29, 0.717) is 16.1 Å². The number of alkyl halides is 3. The average molecular weight is 475 g/mol. The zero-order chi connectivity index (χ0) is 23.2. The van der Waals surface area contributed by atoms with Gasteiger partial charge in [-0.1, -0.05) is 11.6 Å². The number of anilines is 2. The van der Waals surface area contributed by atoms with Gasteiger partial charge < -0.3 is 10.6 Å². The second-order valence-electron chi connectivity index (χ2n) is 8.43. The van der Waals surface area contributed by atoms with Gasteiger partial charge in [-0.25, -0.2) is 9.97 Å². The van der Waals surface area contributed by atoms with Crippen molar-refractivity contribution in [3.8, 4) is 0 Å². The van der Waals surface area contributed by atoms with Crippen molar-refractivity contribution >= 4 is 44.9 Å². The van der Waals surface area contributed by atoms with Crippen LogP contribution in [0.2, 0.25) is 5.02 Å². The molecule has 3 aromatic heterocycles. The van der Waals surface area contributed by atoms with E-state index in [1.807, 2.05) is 13.1 Å². The number of aromatic nitrogens is 4. The molecule has 1 aliphatic rings. The minimum Gasteiger partial charge on any atom is -0.382 e. The van der Waals surface area contributed by atoms with Crippen molar-refractivity contribution in [1.29, 1.82) is 0 Å². The third-order valence-corrected chi connectivity index (χ3v) is 6.32. The van der Waals surface area contributed by atoms with Crippen molar-refractivity contribution in [3.63, 3.8) is 0 Å². The van der Waals surface area contributed by atoms with E-state index in [-0.39, 0.29) is 17.6 Å². The molecule has 0 saturated heterocycles. The SMILES string of the molecule is Cn1ncc2ccnc(N[C@@H]3CCC[C@H](Nc4cc(C(F)(F)F)nc5ccc(Cl)cc45)C3)c21. The Morgan fingerprint density at radius 1 is 1.09 bits per heavy atom. The first-order chi connectivity index (χ1) is 15.8. The van der Waals surface area contributed by atoms with Crippen molar-refractivity contribution < 1.29 is 13.2 Å². The van der Waals surface area contributed by atoms with Crippen molar-refractivity contribution in [2.75, 3.05) is 10.6 Å². The van der Waals surface area contributed by atoms with E-state index in [4.69, 9.17) is 11.6 Å². The Kier molecular flexibility index (Phi) is 5.52. The van der Waals surface area contributed by atoms with Gasteiger partial charge in [-0.05, 0) is 56.0 Å². The van der Waals surface area contributed by atoms with Crippen molar-refractivity contribution in [2.45, 2.75) is 43.9 Å². The van der Waals surface area contributed by atoms with E-state index >= 15 is 0 Å². The van der Waals surface area contributed by atoms with Gasteiger partial charge in [0.25, 0.3) is 0 Å². The number of nitrogens with one attached hydrogen (secondary N) is 2. The van der Waals surface area contributed by atoms with Gasteiger partial charge in [-0.3, -0.25) is 4.68 Å². The normalized spacial score (nSPS) is 19.2. The van der Waals surface area contributed by atoms with Crippen LogP contribution in [0.3, 0.4) is 0 Å². The quantitative estimate of drug-likeness (QED) is 0.378. The summed E-state index contributed by atoms with van der Waals surface area (Å²) in [5, 5.41) is 13.2. The first kappa shape index (κ1) is 21.8. The molecule has 6 nitrogen and oxygen atoms in total. The number of benzene rings is 1.